The van der Waals surface area contributed by atoms with Crippen molar-refractivity contribution in [3.63, 3.8) is 0 Å². The van der Waals surface area contributed by atoms with Crippen molar-refractivity contribution in [3.8, 4) is 5.75 Å². The standard InChI is InChI=1S/C11H16O2Si/c1-8(12)10-7-9(14(2,3)4)5-6-11(10)13/h5-7,13H,1-4H3. The quantitative estimate of drug-likeness (QED) is 0.597. The Balaban J connectivity index is 3.27. The van der Waals surface area contributed by atoms with Crippen LogP contribution in [0.4, 0.5) is 0 Å². The third-order valence-electron chi connectivity index (χ3n) is 2.24. The molecule has 0 aromatic heterocycles. The second-order valence-electron chi connectivity index (χ2n) is 4.54. The molecule has 0 bridgehead atoms. The zero-order chi connectivity index (χ0) is 10.9. The highest BCUT2D eigenvalue weighted by molar-refractivity contribution is 6.88. The lowest BCUT2D eigenvalue weighted by atomic mass is 10.1. The molecule has 0 aliphatic carbocycles. The fourth-order valence-corrected chi connectivity index (χ4v) is 2.45. The molecule has 2 nitrogen and oxygen atoms in total. The highest BCUT2D eigenvalue weighted by Gasteiger charge is 2.18. The van der Waals surface area contributed by atoms with Crippen molar-refractivity contribution in [3.05, 3.63) is 23.8 Å². The van der Waals surface area contributed by atoms with Gasteiger partial charge in [0.25, 0.3) is 0 Å². The third-order valence-corrected chi connectivity index (χ3v) is 4.28. The number of benzene rings is 1. The Morgan fingerprint density at radius 2 is 1.86 bits per heavy atom. The van der Waals surface area contributed by atoms with E-state index in [4.69, 9.17) is 0 Å². The van der Waals surface area contributed by atoms with Crippen LogP contribution in [0.5, 0.6) is 5.75 Å². The molecule has 1 N–H and O–H groups in total. The van der Waals surface area contributed by atoms with Gasteiger partial charge in [0.2, 0.25) is 0 Å². The summed E-state index contributed by atoms with van der Waals surface area (Å²) >= 11 is 0. The summed E-state index contributed by atoms with van der Waals surface area (Å²) in [6.45, 7) is 8.11. The maximum absolute atomic E-state index is 11.2. The summed E-state index contributed by atoms with van der Waals surface area (Å²) in [6, 6.07) is 5.35. The van der Waals surface area contributed by atoms with Crippen LogP contribution in [-0.2, 0) is 0 Å². The Labute approximate surface area is 85.6 Å². The van der Waals surface area contributed by atoms with Gasteiger partial charge >= 0.3 is 0 Å². The van der Waals surface area contributed by atoms with E-state index >= 15 is 0 Å². The van der Waals surface area contributed by atoms with Crippen molar-refractivity contribution in [2.75, 3.05) is 0 Å². The van der Waals surface area contributed by atoms with Gasteiger partial charge in [-0.05, 0) is 19.1 Å². The van der Waals surface area contributed by atoms with Crippen LogP contribution in [0.1, 0.15) is 17.3 Å². The Morgan fingerprint density at radius 3 is 2.29 bits per heavy atom. The minimum absolute atomic E-state index is 0.0809. The maximum atomic E-state index is 11.2. The fourth-order valence-electron chi connectivity index (χ4n) is 1.28. The van der Waals surface area contributed by atoms with Crippen molar-refractivity contribution in [1.29, 1.82) is 0 Å². The number of hydrogen-bond donors (Lipinski definition) is 1. The number of rotatable bonds is 2. The molecule has 0 spiro atoms. The van der Waals surface area contributed by atoms with E-state index < -0.39 is 8.07 Å². The van der Waals surface area contributed by atoms with Gasteiger partial charge in [0.05, 0.1) is 13.6 Å². The van der Waals surface area contributed by atoms with Crippen molar-refractivity contribution in [1.82, 2.24) is 0 Å². The number of phenolic OH excluding ortho intramolecular Hbond substituents is 1. The molecular formula is C11H16O2Si. The van der Waals surface area contributed by atoms with Gasteiger partial charge in [-0.1, -0.05) is 30.9 Å². The highest BCUT2D eigenvalue weighted by atomic mass is 28.3. The molecule has 0 radical (unpaired) electrons. The normalized spacial score (nSPS) is 11.4. The molecule has 0 amide bonds. The van der Waals surface area contributed by atoms with Crippen molar-refractivity contribution in [2.24, 2.45) is 0 Å². The van der Waals surface area contributed by atoms with Crippen LogP contribution >= 0.6 is 0 Å². The molecule has 14 heavy (non-hydrogen) atoms. The average Bonchev–Trinajstić information content (AvgIpc) is 2.02. The predicted molar refractivity (Wildman–Crippen MR) is 61.1 cm³/mol. The number of ketones is 1. The summed E-state index contributed by atoms with van der Waals surface area (Å²) in [4.78, 5) is 11.2. The summed E-state index contributed by atoms with van der Waals surface area (Å²) in [7, 11) is -1.40. The van der Waals surface area contributed by atoms with Gasteiger partial charge in [-0.25, -0.2) is 0 Å². The summed E-state index contributed by atoms with van der Waals surface area (Å²) in [6.07, 6.45) is 0. The van der Waals surface area contributed by atoms with Crippen molar-refractivity contribution >= 4 is 19.0 Å². The van der Waals surface area contributed by atoms with Gasteiger partial charge in [0, 0.05) is 0 Å². The van der Waals surface area contributed by atoms with Crippen LogP contribution in [-0.4, -0.2) is 19.0 Å². The molecule has 0 aliphatic heterocycles. The van der Waals surface area contributed by atoms with E-state index in [-0.39, 0.29) is 11.5 Å². The number of Topliss-reactive ketones (excluding diaryl/α,β-unsaturated/α-hetero) is 1. The number of carbonyl (C=O) groups is 1. The van der Waals surface area contributed by atoms with Crippen LogP contribution in [0.3, 0.4) is 0 Å². The second-order valence-corrected chi connectivity index (χ2v) is 9.62. The van der Waals surface area contributed by atoms with Crippen LogP contribution < -0.4 is 5.19 Å². The molecule has 1 rings (SSSR count). The first-order chi connectivity index (χ1) is 6.32. The zero-order valence-electron chi connectivity index (χ0n) is 9.09. The van der Waals surface area contributed by atoms with E-state index in [9.17, 15) is 9.90 Å². The average molecular weight is 208 g/mol. The first kappa shape index (κ1) is 11.0. The Bertz CT molecular complexity index is 364. The monoisotopic (exact) mass is 208 g/mol. The van der Waals surface area contributed by atoms with Crippen molar-refractivity contribution < 1.29 is 9.90 Å². The zero-order valence-corrected chi connectivity index (χ0v) is 10.1. The summed E-state index contributed by atoms with van der Waals surface area (Å²) in [5.74, 6) is 0.00194. The largest absolute Gasteiger partial charge is 0.507 e. The minimum Gasteiger partial charge on any atom is -0.507 e. The van der Waals surface area contributed by atoms with E-state index in [1.807, 2.05) is 12.1 Å². The Hall–Kier alpha value is -1.09. The first-order valence-electron chi connectivity index (χ1n) is 4.67. The molecule has 0 fully saturated rings. The van der Waals surface area contributed by atoms with Gasteiger partial charge in [0.15, 0.2) is 5.78 Å². The molecule has 0 saturated heterocycles. The smallest absolute Gasteiger partial charge is 0.163 e. The van der Waals surface area contributed by atoms with Crippen LogP contribution in [0.25, 0.3) is 0 Å². The lowest BCUT2D eigenvalue weighted by molar-refractivity contribution is 0.101. The Morgan fingerprint density at radius 1 is 1.29 bits per heavy atom. The lowest BCUT2D eigenvalue weighted by Crippen LogP contribution is -2.37. The molecule has 0 saturated carbocycles. The summed E-state index contributed by atoms with van der Waals surface area (Å²) in [5.41, 5.74) is 0.435. The molecule has 1 aromatic carbocycles. The van der Waals surface area contributed by atoms with Gasteiger partial charge in [-0.2, -0.15) is 0 Å². The first-order valence-corrected chi connectivity index (χ1v) is 8.17. The Kier molecular flexibility index (Phi) is 2.80. The molecule has 0 aliphatic rings. The summed E-state index contributed by atoms with van der Waals surface area (Å²) in [5, 5.41) is 10.7. The minimum atomic E-state index is -1.40. The number of phenols is 1. The van der Waals surface area contributed by atoms with Crippen molar-refractivity contribution in [2.45, 2.75) is 26.6 Å². The molecule has 76 valence electrons. The van der Waals surface area contributed by atoms with Gasteiger partial charge in [0.1, 0.15) is 5.75 Å². The SMILES string of the molecule is CC(=O)c1cc([Si](C)(C)C)ccc1O. The van der Waals surface area contributed by atoms with E-state index in [0.29, 0.717) is 5.56 Å². The topological polar surface area (TPSA) is 37.3 Å². The highest BCUT2D eigenvalue weighted by Crippen LogP contribution is 2.17. The molecule has 3 heteroatoms. The fraction of sp³-hybridized carbons (Fsp3) is 0.364. The molecule has 0 unspecified atom stereocenters. The second kappa shape index (κ2) is 3.57. The van der Waals surface area contributed by atoms with E-state index in [1.165, 1.54) is 12.1 Å². The third kappa shape index (κ3) is 2.23. The number of aromatic hydroxyl groups is 1. The van der Waals surface area contributed by atoms with Gasteiger partial charge in [-0.15, -0.1) is 0 Å². The number of carbonyl (C=O) groups excluding carboxylic acids is 1. The maximum Gasteiger partial charge on any atom is 0.163 e. The van der Waals surface area contributed by atoms with E-state index in [1.54, 1.807) is 6.07 Å². The summed E-state index contributed by atoms with van der Waals surface area (Å²) < 4.78 is 0. The molecule has 0 atom stereocenters. The predicted octanol–water partition coefficient (Wildman–Crippen LogP) is 2.14. The van der Waals surface area contributed by atoms with E-state index in [2.05, 4.69) is 19.6 Å². The van der Waals surface area contributed by atoms with Crippen LogP contribution in [0, 0.1) is 0 Å². The lowest BCUT2D eigenvalue weighted by Gasteiger charge is -2.17. The van der Waals surface area contributed by atoms with Gasteiger partial charge < -0.3 is 5.11 Å². The van der Waals surface area contributed by atoms with Gasteiger partial charge in [-0.3, -0.25) is 4.79 Å². The molecule has 0 heterocycles. The van der Waals surface area contributed by atoms with Crippen LogP contribution in [0.15, 0.2) is 18.2 Å². The van der Waals surface area contributed by atoms with E-state index in [0.717, 1.165) is 0 Å². The molecule has 1 aromatic rings. The molecular weight excluding hydrogens is 192 g/mol. The van der Waals surface area contributed by atoms with Crippen LogP contribution in [0.2, 0.25) is 19.6 Å². The number of hydrogen-bond acceptors (Lipinski definition) is 2.